The lowest BCUT2D eigenvalue weighted by atomic mass is 10.4. The number of amides is 1. The number of carbonyl (C=O) groups excluding carboxylic acids is 1. The highest BCUT2D eigenvalue weighted by Gasteiger charge is 2.17. The van der Waals surface area contributed by atoms with Crippen LogP contribution in [0.15, 0.2) is 27.6 Å². The number of nitrogens with one attached hydrogen (secondary N) is 1. The minimum absolute atomic E-state index is 0.00979. The van der Waals surface area contributed by atoms with Gasteiger partial charge in [-0.1, -0.05) is 27.5 Å². The van der Waals surface area contributed by atoms with Crippen LogP contribution in [-0.4, -0.2) is 40.9 Å². The molecule has 0 bridgehead atoms. The van der Waals surface area contributed by atoms with Gasteiger partial charge >= 0.3 is 6.09 Å². The molecule has 21 heavy (non-hydrogen) atoms. The first-order valence-corrected chi connectivity index (χ1v) is 8.43. The number of sulfonamides is 1. The highest BCUT2D eigenvalue weighted by Crippen LogP contribution is 2.24. The number of primary amides is 1. The van der Waals surface area contributed by atoms with E-state index in [4.69, 9.17) is 22.1 Å². The molecule has 0 radical (unpaired) electrons. The maximum Gasteiger partial charge on any atom is 0.404 e. The molecular formula is C11H14BrClN2O5S. The molecule has 0 spiro atoms. The van der Waals surface area contributed by atoms with Crippen molar-refractivity contribution in [1.29, 1.82) is 0 Å². The van der Waals surface area contributed by atoms with E-state index in [-0.39, 0.29) is 36.3 Å². The number of hydrogen-bond acceptors (Lipinski definition) is 5. The van der Waals surface area contributed by atoms with Crippen LogP contribution < -0.4 is 10.5 Å². The summed E-state index contributed by atoms with van der Waals surface area (Å²) in [6.07, 6.45) is -0.885. The van der Waals surface area contributed by atoms with E-state index in [1.165, 1.54) is 12.1 Å². The maximum atomic E-state index is 12.0. The fraction of sp³-hybridized carbons (Fsp3) is 0.364. The van der Waals surface area contributed by atoms with E-state index in [0.29, 0.717) is 4.47 Å². The quantitative estimate of drug-likeness (QED) is 0.642. The Bertz CT molecular complexity index is 596. The van der Waals surface area contributed by atoms with E-state index in [1.807, 2.05) is 0 Å². The molecule has 0 fully saturated rings. The van der Waals surface area contributed by atoms with Crippen LogP contribution in [0.25, 0.3) is 0 Å². The molecule has 10 heteroatoms. The number of halogens is 2. The Balaban J connectivity index is 2.38. The second kappa shape index (κ2) is 8.54. The molecule has 1 rings (SSSR count). The summed E-state index contributed by atoms with van der Waals surface area (Å²) in [5.41, 5.74) is 4.76. The maximum absolute atomic E-state index is 12.0. The van der Waals surface area contributed by atoms with Gasteiger partial charge in [0.2, 0.25) is 10.0 Å². The first-order valence-electron chi connectivity index (χ1n) is 5.77. The molecule has 3 N–H and O–H groups in total. The molecule has 118 valence electrons. The van der Waals surface area contributed by atoms with Crippen molar-refractivity contribution in [3.8, 4) is 0 Å². The van der Waals surface area contributed by atoms with Crippen molar-refractivity contribution in [3.05, 3.63) is 27.7 Å². The van der Waals surface area contributed by atoms with Crippen LogP contribution in [0.1, 0.15) is 0 Å². The zero-order valence-electron chi connectivity index (χ0n) is 10.8. The predicted octanol–water partition coefficient (Wildman–Crippen LogP) is 1.49. The van der Waals surface area contributed by atoms with Crippen molar-refractivity contribution < 1.29 is 22.7 Å². The molecule has 0 aliphatic heterocycles. The zero-order chi connectivity index (χ0) is 15.9. The first kappa shape index (κ1) is 18.2. The monoisotopic (exact) mass is 400 g/mol. The summed E-state index contributed by atoms with van der Waals surface area (Å²) in [7, 11) is -3.70. The van der Waals surface area contributed by atoms with Gasteiger partial charge in [-0.25, -0.2) is 17.9 Å². The molecule has 0 aromatic heterocycles. The molecule has 0 heterocycles. The zero-order valence-corrected chi connectivity index (χ0v) is 14.0. The molecule has 0 atom stereocenters. The minimum Gasteiger partial charge on any atom is -0.447 e. The largest absolute Gasteiger partial charge is 0.447 e. The average molecular weight is 402 g/mol. The Morgan fingerprint density at radius 1 is 1.33 bits per heavy atom. The molecular weight excluding hydrogens is 388 g/mol. The van der Waals surface area contributed by atoms with Gasteiger partial charge in [-0.2, -0.15) is 0 Å². The van der Waals surface area contributed by atoms with Gasteiger partial charge in [-0.3, -0.25) is 0 Å². The van der Waals surface area contributed by atoms with Crippen molar-refractivity contribution >= 4 is 43.6 Å². The Kier molecular flexibility index (Phi) is 7.40. The van der Waals surface area contributed by atoms with Gasteiger partial charge < -0.3 is 15.2 Å². The van der Waals surface area contributed by atoms with Gasteiger partial charge in [-0.05, 0) is 18.2 Å². The molecule has 1 aromatic rings. The molecule has 0 aliphatic rings. The number of hydrogen-bond donors (Lipinski definition) is 2. The van der Waals surface area contributed by atoms with Crippen LogP contribution in [0.2, 0.25) is 5.02 Å². The second-order valence-corrected chi connectivity index (χ2v) is 6.81. The van der Waals surface area contributed by atoms with Gasteiger partial charge in [0, 0.05) is 11.0 Å². The smallest absolute Gasteiger partial charge is 0.404 e. The summed E-state index contributed by atoms with van der Waals surface area (Å²) in [5.74, 6) is 0. The van der Waals surface area contributed by atoms with Crippen LogP contribution in [-0.2, 0) is 19.5 Å². The van der Waals surface area contributed by atoms with E-state index in [1.54, 1.807) is 6.07 Å². The van der Waals surface area contributed by atoms with E-state index < -0.39 is 16.1 Å². The molecule has 7 nitrogen and oxygen atoms in total. The van der Waals surface area contributed by atoms with Crippen molar-refractivity contribution in [1.82, 2.24) is 4.72 Å². The summed E-state index contributed by atoms with van der Waals surface area (Å²) in [5, 5.41) is 0.118. The van der Waals surface area contributed by atoms with E-state index >= 15 is 0 Å². The summed E-state index contributed by atoms with van der Waals surface area (Å²) < 4.78 is 36.5. The molecule has 1 aromatic carbocycles. The van der Waals surface area contributed by atoms with Crippen LogP contribution in [0.5, 0.6) is 0 Å². The van der Waals surface area contributed by atoms with E-state index in [9.17, 15) is 13.2 Å². The summed E-state index contributed by atoms with van der Waals surface area (Å²) in [6.45, 7) is 0.325. The van der Waals surface area contributed by atoms with Crippen LogP contribution in [0.3, 0.4) is 0 Å². The number of nitrogens with two attached hydrogens (primary N) is 1. The number of ether oxygens (including phenoxy) is 2. The Hall–Kier alpha value is -0.870. The van der Waals surface area contributed by atoms with Crippen LogP contribution in [0.4, 0.5) is 4.79 Å². The molecule has 1 amide bonds. The van der Waals surface area contributed by atoms with Gasteiger partial charge in [0.25, 0.3) is 0 Å². The third-order valence-corrected chi connectivity index (χ3v) is 4.63. The molecule has 0 unspecified atom stereocenters. The van der Waals surface area contributed by atoms with E-state index in [2.05, 4.69) is 25.4 Å². The molecule has 0 saturated heterocycles. The van der Waals surface area contributed by atoms with Gasteiger partial charge in [0.15, 0.2) is 0 Å². The fourth-order valence-electron chi connectivity index (χ4n) is 1.32. The summed E-state index contributed by atoms with van der Waals surface area (Å²) >= 11 is 9.08. The summed E-state index contributed by atoms with van der Waals surface area (Å²) in [4.78, 5) is 10.3. The van der Waals surface area contributed by atoms with Crippen LogP contribution in [0, 0.1) is 0 Å². The average Bonchev–Trinajstić information content (AvgIpc) is 2.36. The highest BCUT2D eigenvalue weighted by molar-refractivity contribution is 9.10. The normalized spacial score (nSPS) is 11.3. The fourth-order valence-corrected chi connectivity index (χ4v) is 3.37. The Morgan fingerprint density at radius 3 is 2.67 bits per heavy atom. The SMILES string of the molecule is NC(=O)OCCOCCNS(=O)(=O)c1ccc(Br)cc1Cl. The standard InChI is InChI=1S/C11H14BrClN2O5S/c12-8-1-2-10(9(13)7-8)21(17,18)15-3-4-19-5-6-20-11(14)16/h1-2,7,15H,3-6H2,(H2,14,16). The molecule has 0 aliphatic carbocycles. The highest BCUT2D eigenvalue weighted by atomic mass is 79.9. The second-order valence-electron chi connectivity index (χ2n) is 3.75. The Morgan fingerprint density at radius 2 is 2.05 bits per heavy atom. The van der Waals surface area contributed by atoms with Gasteiger partial charge in [-0.15, -0.1) is 0 Å². The van der Waals surface area contributed by atoms with Crippen molar-refractivity contribution in [2.75, 3.05) is 26.4 Å². The third kappa shape index (κ3) is 6.62. The number of rotatable bonds is 8. The lowest BCUT2D eigenvalue weighted by molar-refractivity contribution is 0.0793. The van der Waals surface area contributed by atoms with Crippen molar-refractivity contribution in [2.24, 2.45) is 5.73 Å². The van der Waals surface area contributed by atoms with Crippen LogP contribution >= 0.6 is 27.5 Å². The van der Waals surface area contributed by atoms with Crippen molar-refractivity contribution in [2.45, 2.75) is 4.90 Å². The third-order valence-electron chi connectivity index (χ3n) is 2.19. The van der Waals surface area contributed by atoms with E-state index in [0.717, 1.165) is 0 Å². The Labute approximate surface area is 135 Å². The topological polar surface area (TPSA) is 108 Å². The van der Waals surface area contributed by atoms with Gasteiger partial charge in [0.1, 0.15) is 11.5 Å². The predicted molar refractivity (Wildman–Crippen MR) is 80.7 cm³/mol. The molecule has 0 saturated carbocycles. The lowest BCUT2D eigenvalue weighted by Crippen LogP contribution is -2.28. The van der Waals surface area contributed by atoms with Gasteiger partial charge in [0.05, 0.1) is 18.2 Å². The number of carbonyl (C=O) groups is 1. The first-order chi connectivity index (χ1) is 9.83. The number of benzene rings is 1. The lowest BCUT2D eigenvalue weighted by Gasteiger charge is -2.09. The summed E-state index contributed by atoms with van der Waals surface area (Å²) in [6, 6.07) is 4.47. The van der Waals surface area contributed by atoms with Crippen molar-refractivity contribution in [3.63, 3.8) is 0 Å². The minimum atomic E-state index is -3.70.